The lowest BCUT2D eigenvalue weighted by Crippen LogP contribution is -2.70. The van der Waals surface area contributed by atoms with Crippen LogP contribution >= 0.6 is 0 Å². The Morgan fingerprint density at radius 2 is 1.91 bits per heavy atom. The van der Waals surface area contributed by atoms with Crippen LogP contribution in [0, 0.1) is 35.5 Å². The molecule has 0 radical (unpaired) electrons. The maximum Gasteiger partial charge on any atom is 0.345 e. The second-order valence-electron chi connectivity index (χ2n) is 13.9. The lowest BCUT2D eigenvalue weighted by atomic mass is 9.41. The summed E-state index contributed by atoms with van der Waals surface area (Å²) in [5, 5.41) is 12.2. The summed E-state index contributed by atoms with van der Waals surface area (Å²) < 4.78 is 24.6. The number of aromatic nitrogens is 1. The van der Waals surface area contributed by atoms with Crippen molar-refractivity contribution in [3.05, 3.63) is 82.0 Å². The predicted molar refractivity (Wildman–Crippen MR) is 165 cm³/mol. The number of carbonyl (C=O) groups is 2. The Hall–Kier alpha value is -3.98. The number of benzene rings is 1. The number of pyridine rings is 1. The van der Waals surface area contributed by atoms with E-state index in [-0.39, 0.29) is 41.5 Å². The molecule has 3 aromatic rings. The molecule has 3 aliphatic rings. The molecule has 238 valence electrons. The van der Waals surface area contributed by atoms with Gasteiger partial charge in [-0.2, -0.15) is 0 Å². The third-order valence-electron chi connectivity index (χ3n) is 11.2. The molecular weight excluding hydrogens is 574 g/mol. The minimum absolute atomic E-state index is 0.0519. The van der Waals surface area contributed by atoms with Crippen LogP contribution in [0.25, 0.3) is 11.3 Å². The fraction of sp³-hybridized carbons (Fsp3) is 0.500. The Bertz CT molecular complexity index is 1690. The molecule has 9 heteroatoms. The van der Waals surface area contributed by atoms with Crippen LogP contribution in [-0.2, 0) is 14.3 Å². The summed E-state index contributed by atoms with van der Waals surface area (Å²) in [4.78, 5) is 43.4. The van der Waals surface area contributed by atoms with Crippen LogP contribution in [0.1, 0.15) is 81.5 Å². The third-order valence-corrected chi connectivity index (χ3v) is 11.2. The number of fused-ring (bicyclic) bond motifs is 4. The summed E-state index contributed by atoms with van der Waals surface area (Å²) in [7, 11) is 0. The van der Waals surface area contributed by atoms with E-state index in [0.29, 0.717) is 17.5 Å². The van der Waals surface area contributed by atoms with Crippen molar-refractivity contribution < 1.29 is 33.3 Å². The van der Waals surface area contributed by atoms with Gasteiger partial charge in [0.05, 0.1) is 18.3 Å². The number of hydrogen-bond acceptors (Lipinski definition) is 9. The van der Waals surface area contributed by atoms with Crippen LogP contribution in [-0.4, -0.2) is 40.3 Å². The second-order valence-corrected chi connectivity index (χ2v) is 13.9. The van der Waals surface area contributed by atoms with E-state index in [1.807, 2.05) is 26.0 Å². The molecule has 1 aliphatic heterocycles. The van der Waals surface area contributed by atoms with E-state index in [0.717, 1.165) is 18.4 Å². The maximum atomic E-state index is 13.7. The number of esters is 2. The highest BCUT2D eigenvalue weighted by Crippen LogP contribution is 2.68. The van der Waals surface area contributed by atoms with Crippen molar-refractivity contribution in [3.8, 4) is 17.1 Å². The Labute approximate surface area is 262 Å². The molecule has 45 heavy (non-hydrogen) atoms. The van der Waals surface area contributed by atoms with Crippen molar-refractivity contribution in [3.63, 3.8) is 0 Å². The van der Waals surface area contributed by atoms with Gasteiger partial charge in [0.25, 0.3) is 0 Å². The molecule has 0 spiro atoms. The fourth-order valence-corrected chi connectivity index (χ4v) is 8.67. The van der Waals surface area contributed by atoms with Crippen molar-refractivity contribution >= 4 is 11.9 Å². The largest absolute Gasteiger partial charge is 0.482 e. The first-order valence-corrected chi connectivity index (χ1v) is 15.6. The van der Waals surface area contributed by atoms with Gasteiger partial charge in [-0.1, -0.05) is 38.5 Å². The van der Waals surface area contributed by atoms with Gasteiger partial charge in [-0.3, -0.25) is 9.78 Å². The molecule has 2 aromatic heterocycles. The quantitative estimate of drug-likeness (QED) is 0.341. The van der Waals surface area contributed by atoms with E-state index in [9.17, 15) is 19.5 Å². The Balaban J connectivity index is 1.50. The van der Waals surface area contributed by atoms with Crippen LogP contribution in [0.2, 0.25) is 0 Å². The summed E-state index contributed by atoms with van der Waals surface area (Å²) in [5.41, 5.74) is -0.991. The molecule has 0 amide bonds. The molecule has 2 aliphatic carbocycles. The molecule has 1 N–H and O–H groups in total. The zero-order valence-corrected chi connectivity index (χ0v) is 26.7. The summed E-state index contributed by atoms with van der Waals surface area (Å²) in [6.45, 7) is 11.8. The summed E-state index contributed by atoms with van der Waals surface area (Å²) in [6.07, 6.45) is 3.12. The average Bonchev–Trinajstić information content (AvgIpc) is 2.99. The van der Waals surface area contributed by atoms with Crippen LogP contribution < -0.4 is 10.4 Å². The summed E-state index contributed by atoms with van der Waals surface area (Å²) in [5.74, 6) is -1.03. The maximum absolute atomic E-state index is 13.7. The van der Waals surface area contributed by atoms with Crippen molar-refractivity contribution in [2.75, 3.05) is 6.61 Å². The van der Waals surface area contributed by atoms with E-state index in [1.165, 1.54) is 6.92 Å². The molecule has 1 aromatic carbocycles. The van der Waals surface area contributed by atoms with Gasteiger partial charge >= 0.3 is 17.6 Å². The highest BCUT2D eigenvalue weighted by Gasteiger charge is 2.70. The number of aliphatic hydroxyl groups is 1. The van der Waals surface area contributed by atoms with E-state index in [2.05, 4.69) is 25.8 Å². The van der Waals surface area contributed by atoms with E-state index in [4.69, 9.17) is 18.6 Å². The number of rotatable bonds is 5. The zero-order valence-electron chi connectivity index (χ0n) is 26.7. The van der Waals surface area contributed by atoms with Crippen LogP contribution in [0.4, 0.5) is 0 Å². The molecular formula is C36H41NO8. The number of aliphatic hydroxyl groups excluding tert-OH is 1. The molecule has 3 unspecified atom stereocenters. The van der Waals surface area contributed by atoms with Gasteiger partial charge in [0.2, 0.25) is 0 Å². The van der Waals surface area contributed by atoms with Gasteiger partial charge in [-0.05, 0) is 74.6 Å². The van der Waals surface area contributed by atoms with Gasteiger partial charge in [0.1, 0.15) is 28.8 Å². The van der Waals surface area contributed by atoms with Gasteiger partial charge in [0, 0.05) is 42.3 Å². The Kier molecular flexibility index (Phi) is 7.67. The number of hydrogen-bond donors (Lipinski definition) is 1. The standard InChI is InChI=1S/C36H41NO8/c1-20-9-7-10-23(15-20)32(40)44-28-17-27-34(4,13-12-21(2)35(27,5)19-42-22(3)38)31-30(39)29-26(45-36(28,31)6)16-25(43-33(29)41)24-11-8-14-37-18-24/h7-11,14-16,18,21,27-28,30-31,39H,12-13,17,19H2,1-6H3/t21-,27?,28-,30?,31?,34-,35-,36+/m0/s1. The minimum Gasteiger partial charge on any atom is -0.482 e. The lowest BCUT2D eigenvalue weighted by molar-refractivity contribution is -0.257. The van der Waals surface area contributed by atoms with Gasteiger partial charge in [0.15, 0.2) is 0 Å². The molecule has 3 heterocycles. The van der Waals surface area contributed by atoms with E-state index < -0.39 is 46.2 Å². The lowest BCUT2D eigenvalue weighted by Gasteiger charge is -2.66. The molecule has 6 rings (SSSR count). The Morgan fingerprint density at radius 1 is 1.13 bits per heavy atom. The third kappa shape index (κ3) is 5.05. The topological polar surface area (TPSA) is 125 Å². The molecule has 8 atom stereocenters. The smallest absolute Gasteiger partial charge is 0.345 e. The molecule has 0 bridgehead atoms. The van der Waals surface area contributed by atoms with E-state index in [1.54, 1.807) is 42.7 Å². The highest BCUT2D eigenvalue weighted by atomic mass is 16.6. The summed E-state index contributed by atoms with van der Waals surface area (Å²) >= 11 is 0. The predicted octanol–water partition coefficient (Wildman–Crippen LogP) is 6.06. The molecule has 0 saturated heterocycles. The minimum atomic E-state index is -1.27. The number of aryl methyl sites for hydroxylation is 1. The second kappa shape index (κ2) is 11.1. The highest BCUT2D eigenvalue weighted by molar-refractivity contribution is 5.89. The van der Waals surface area contributed by atoms with Crippen molar-refractivity contribution in [1.82, 2.24) is 4.98 Å². The van der Waals surface area contributed by atoms with Crippen molar-refractivity contribution in [2.24, 2.45) is 28.6 Å². The normalized spacial score (nSPS) is 33.5. The summed E-state index contributed by atoms with van der Waals surface area (Å²) in [6, 6.07) is 12.3. The SMILES string of the molecule is CC(=O)OC[C@]1(C)C2C[C@H](OC(=O)c3cccc(C)c3)[C@@]3(C)Oc4cc(-c5cccnc5)oc(=O)c4C(O)C3[C@@]2(C)CC[C@@H]1C. The first kappa shape index (κ1) is 31.0. The van der Waals surface area contributed by atoms with Crippen molar-refractivity contribution in [1.29, 1.82) is 0 Å². The molecule has 2 fully saturated rings. The van der Waals surface area contributed by atoms with Crippen molar-refractivity contribution in [2.45, 2.75) is 78.6 Å². The fourth-order valence-electron chi connectivity index (χ4n) is 8.67. The van der Waals surface area contributed by atoms with Crippen LogP contribution in [0.15, 0.2) is 64.1 Å². The number of carbonyl (C=O) groups excluding carboxylic acids is 2. The van der Waals surface area contributed by atoms with Gasteiger partial charge in [-0.25, -0.2) is 9.59 Å². The van der Waals surface area contributed by atoms with Gasteiger partial charge in [-0.15, -0.1) is 0 Å². The molecule has 9 nitrogen and oxygen atoms in total. The first-order chi connectivity index (χ1) is 21.3. The Morgan fingerprint density at radius 3 is 2.60 bits per heavy atom. The average molecular weight is 616 g/mol. The van der Waals surface area contributed by atoms with Gasteiger partial charge < -0.3 is 23.7 Å². The van der Waals surface area contributed by atoms with E-state index >= 15 is 0 Å². The number of nitrogens with zero attached hydrogens (tertiary/aromatic N) is 1. The zero-order chi connectivity index (χ0) is 32.3. The van der Waals surface area contributed by atoms with Crippen LogP contribution in [0.5, 0.6) is 5.75 Å². The first-order valence-electron chi connectivity index (χ1n) is 15.6. The number of ether oxygens (including phenoxy) is 3. The monoisotopic (exact) mass is 615 g/mol. The molecule has 2 saturated carbocycles. The van der Waals surface area contributed by atoms with Crippen LogP contribution in [0.3, 0.4) is 0 Å².